The summed E-state index contributed by atoms with van der Waals surface area (Å²) in [7, 11) is 0. The fraction of sp³-hybridized carbons (Fsp3) is 0.500. The van der Waals surface area contributed by atoms with Crippen LogP contribution < -0.4 is 4.90 Å². The molecule has 5 nitrogen and oxygen atoms in total. The molecule has 1 saturated heterocycles. The predicted octanol–water partition coefficient (Wildman–Crippen LogP) is 0.242. The van der Waals surface area contributed by atoms with Crippen LogP contribution in [0.5, 0.6) is 0 Å². The summed E-state index contributed by atoms with van der Waals surface area (Å²) < 4.78 is 0. The summed E-state index contributed by atoms with van der Waals surface area (Å²) in [5.41, 5.74) is 0.816. The second kappa shape index (κ2) is 5.14. The van der Waals surface area contributed by atoms with Crippen molar-refractivity contribution in [1.29, 1.82) is 0 Å². The number of aromatic nitrogens is 1. The van der Waals surface area contributed by atoms with E-state index in [1.165, 1.54) is 0 Å². The lowest BCUT2D eigenvalue weighted by Crippen LogP contribution is -2.48. The van der Waals surface area contributed by atoms with Crippen LogP contribution in [0, 0.1) is 0 Å². The predicted molar refractivity (Wildman–Crippen MR) is 64.6 cm³/mol. The molecule has 0 bridgehead atoms. The van der Waals surface area contributed by atoms with Gasteiger partial charge in [0.1, 0.15) is 5.82 Å². The van der Waals surface area contributed by atoms with Gasteiger partial charge in [0, 0.05) is 39.3 Å². The SMILES string of the molecule is CC(=O)N1CCN(c2ccc(CO)cn2)CC1. The zero-order valence-corrected chi connectivity index (χ0v) is 9.96. The molecule has 0 saturated carbocycles. The molecule has 92 valence electrons. The van der Waals surface area contributed by atoms with E-state index in [9.17, 15) is 4.79 Å². The molecule has 2 heterocycles. The minimum atomic E-state index is 0.0192. The van der Waals surface area contributed by atoms with E-state index in [4.69, 9.17) is 5.11 Å². The number of hydrogen-bond acceptors (Lipinski definition) is 4. The van der Waals surface area contributed by atoms with Crippen molar-refractivity contribution in [3.63, 3.8) is 0 Å². The van der Waals surface area contributed by atoms with Crippen LogP contribution in [0.1, 0.15) is 12.5 Å². The Hall–Kier alpha value is -1.62. The minimum absolute atomic E-state index is 0.0192. The number of pyridine rings is 1. The van der Waals surface area contributed by atoms with E-state index in [1.807, 2.05) is 17.0 Å². The van der Waals surface area contributed by atoms with E-state index in [-0.39, 0.29) is 12.5 Å². The number of rotatable bonds is 2. The first-order valence-electron chi connectivity index (χ1n) is 5.77. The first-order valence-corrected chi connectivity index (χ1v) is 5.77. The average Bonchev–Trinajstić information content (AvgIpc) is 2.39. The molecule has 0 unspecified atom stereocenters. The number of aliphatic hydroxyl groups is 1. The molecule has 1 N–H and O–H groups in total. The fourth-order valence-electron chi connectivity index (χ4n) is 1.95. The van der Waals surface area contributed by atoms with E-state index in [0.29, 0.717) is 0 Å². The largest absolute Gasteiger partial charge is 0.392 e. The number of anilines is 1. The van der Waals surface area contributed by atoms with Crippen molar-refractivity contribution in [2.45, 2.75) is 13.5 Å². The summed E-state index contributed by atoms with van der Waals surface area (Å²) in [6, 6.07) is 3.79. The third-order valence-corrected chi connectivity index (χ3v) is 3.04. The lowest BCUT2D eigenvalue weighted by molar-refractivity contribution is -0.129. The molecule has 2 rings (SSSR count). The summed E-state index contributed by atoms with van der Waals surface area (Å²) in [5, 5.41) is 8.94. The van der Waals surface area contributed by atoms with Crippen LogP contribution in [0.4, 0.5) is 5.82 Å². The molecule has 1 aromatic heterocycles. The maximum absolute atomic E-state index is 11.2. The molecule has 5 heteroatoms. The summed E-state index contributed by atoms with van der Waals surface area (Å²) in [6.45, 7) is 4.74. The number of hydrogen-bond donors (Lipinski definition) is 1. The van der Waals surface area contributed by atoms with Crippen LogP contribution in [0.3, 0.4) is 0 Å². The van der Waals surface area contributed by atoms with E-state index in [1.54, 1.807) is 13.1 Å². The van der Waals surface area contributed by atoms with Gasteiger partial charge in [-0.3, -0.25) is 4.79 Å². The van der Waals surface area contributed by atoms with Gasteiger partial charge in [-0.1, -0.05) is 6.07 Å². The van der Waals surface area contributed by atoms with Gasteiger partial charge in [-0.15, -0.1) is 0 Å². The Morgan fingerprint density at radius 2 is 2.06 bits per heavy atom. The van der Waals surface area contributed by atoms with Crippen LogP contribution in [0.15, 0.2) is 18.3 Å². The molecular weight excluding hydrogens is 218 g/mol. The third-order valence-electron chi connectivity index (χ3n) is 3.04. The van der Waals surface area contributed by atoms with Gasteiger partial charge >= 0.3 is 0 Å². The van der Waals surface area contributed by atoms with Crippen LogP contribution in [0.25, 0.3) is 0 Å². The summed E-state index contributed by atoms with van der Waals surface area (Å²) in [6.07, 6.45) is 1.69. The van der Waals surface area contributed by atoms with Gasteiger partial charge in [-0.2, -0.15) is 0 Å². The summed E-state index contributed by atoms with van der Waals surface area (Å²) in [4.78, 5) is 19.5. The average molecular weight is 235 g/mol. The highest BCUT2D eigenvalue weighted by molar-refractivity contribution is 5.73. The molecule has 1 fully saturated rings. The zero-order valence-electron chi connectivity index (χ0n) is 9.96. The molecule has 1 aliphatic heterocycles. The standard InChI is InChI=1S/C12H17N3O2/c1-10(17)14-4-6-15(7-5-14)12-3-2-11(9-16)8-13-12/h2-3,8,16H,4-7,9H2,1H3. The molecule has 0 atom stereocenters. The minimum Gasteiger partial charge on any atom is -0.392 e. The molecule has 0 aliphatic carbocycles. The Labute approximate surface area is 101 Å². The lowest BCUT2D eigenvalue weighted by Gasteiger charge is -2.34. The first-order chi connectivity index (χ1) is 8.20. The Kier molecular flexibility index (Phi) is 3.58. The molecule has 1 aromatic rings. The topological polar surface area (TPSA) is 56.7 Å². The maximum atomic E-state index is 11.2. The first kappa shape index (κ1) is 11.9. The lowest BCUT2D eigenvalue weighted by atomic mass is 10.2. The van der Waals surface area contributed by atoms with Crippen LogP contribution in [0.2, 0.25) is 0 Å². The molecule has 17 heavy (non-hydrogen) atoms. The van der Waals surface area contributed by atoms with Crippen molar-refractivity contribution < 1.29 is 9.90 Å². The van der Waals surface area contributed by atoms with Crippen LogP contribution in [-0.2, 0) is 11.4 Å². The third kappa shape index (κ3) is 2.74. The molecule has 0 aromatic carbocycles. The number of piperazine rings is 1. The summed E-state index contributed by atoms with van der Waals surface area (Å²) >= 11 is 0. The quantitative estimate of drug-likeness (QED) is 0.798. The van der Waals surface area contributed by atoms with E-state index < -0.39 is 0 Å². The highest BCUT2D eigenvalue weighted by atomic mass is 16.3. The van der Waals surface area contributed by atoms with Crippen molar-refractivity contribution in [3.8, 4) is 0 Å². The number of carbonyl (C=O) groups excluding carboxylic acids is 1. The van der Waals surface area contributed by atoms with Crippen molar-refractivity contribution in [1.82, 2.24) is 9.88 Å². The monoisotopic (exact) mass is 235 g/mol. The van der Waals surface area contributed by atoms with Crippen molar-refractivity contribution in [2.75, 3.05) is 31.1 Å². The second-order valence-corrected chi connectivity index (χ2v) is 4.18. The number of carbonyl (C=O) groups is 1. The van der Waals surface area contributed by atoms with Crippen LogP contribution >= 0.6 is 0 Å². The Balaban J connectivity index is 1.97. The van der Waals surface area contributed by atoms with Crippen molar-refractivity contribution in [3.05, 3.63) is 23.9 Å². The Morgan fingerprint density at radius 3 is 2.53 bits per heavy atom. The van der Waals surface area contributed by atoms with Crippen molar-refractivity contribution in [2.24, 2.45) is 0 Å². The van der Waals surface area contributed by atoms with E-state index in [2.05, 4.69) is 9.88 Å². The smallest absolute Gasteiger partial charge is 0.219 e. The second-order valence-electron chi connectivity index (χ2n) is 4.18. The van der Waals surface area contributed by atoms with Gasteiger partial charge in [0.15, 0.2) is 0 Å². The Bertz CT molecular complexity index is 383. The van der Waals surface area contributed by atoms with Gasteiger partial charge in [0.05, 0.1) is 6.61 Å². The number of amides is 1. The zero-order chi connectivity index (χ0) is 12.3. The van der Waals surface area contributed by atoms with Gasteiger partial charge in [0.2, 0.25) is 5.91 Å². The number of aliphatic hydroxyl groups excluding tert-OH is 1. The Morgan fingerprint density at radius 1 is 1.35 bits per heavy atom. The maximum Gasteiger partial charge on any atom is 0.219 e. The summed E-state index contributed by atoms with van der Waals surface area (Å²) in [5.74, 6) is 1.04. The van der Waals surface area contributed by atoms with Gasteiger partial charge in [-0.25, -0.2) is 4.98 Å². The molecule has 1 aliphatic rings. The highest BCUT2D eigenvalue weighted by Gasteiger charge is 2.19. The molecule has 0 radical (unpaired) electrons. The van der Waals surface area contributed by atoms with Gasteiger partial charge < -0.3 is 14.9 Å². The molecule has 0 spiro atoms. The van der Waals surface area contributed by atoms with E-state index in [0.717, 1.165) is 37.6 Å². The van der Waals surface area contributed by atoms with Gasteiger partial charge in [0.25, 0.3) is 0 Å². The van der Waals surface area contributed by atoms with E-state index >= 15 is 0 Å². The molecule has 1 amide bonds. The fourth-order valence-corrected chi connectivity index (χ4v) is 1.95. The number of nitrogens with zero attached hydrogens (tertiary/aromatic N) is 3. The highest BCUT2D eigenvalue weighted by Crippen LogP contribution is 2.14. The van der Waals surface area contributed by atoms with Crippen molar-refractivity contribution >= 4 is 11.7 Å². The normalized spacial score (nSPS) is 16.1. The van der Waals surface area contributed by atoms with Crippen LogP contribution in [-0.4, -0.2) is 47.1 Å². The van der Waals surface area contributed by atoms with Gasteiger partial charge in [-0.05, 0) is 11.6 Å². The molecular formula is C12H17N3O2.